The Bertz CT molecular complexity index is 727. The van der Waals surface area contributed by atoms with E-state index in [9.17, 15) is 14.9 Å². The van der Waals surface area contributed by atoms with Crippen molar-refractivity contribution in [3.05, 3.63) is 63.0 Å². The van der Waals surface area contributed by atoms with Gasteiger partial charge in [-0.25, -0.2) is 0 Å². The van der Waals surface area contributed by atoms with E-state index in [2.05, 4.69) is 5.10 Å². The van der Waals surface area contributed by atoms with Crippen LogP contribution in [0.5, 0.6) is 0 Å². The fraction of sp³-hybridized carbons (Fsp3) is 0.200. The predicted molar refractivity (Wildman–Crippen MR) is 79.1 cm³/mol. The number of aromatic nitrogens is 2. The summed E-state index contributed by atoms with van der Waals surface area (Å²) in [7, 11) is 1.79. The number of aryl methyl sites for hydroxylation is 2. The maximum absolute atomic E-state index is 12.2. The van der Waals surface area contributed by atoms with Crippen LogP contribution >= 0.6 is 0 Å². The molecule has 2 aromatic rings. The first-order chi connectivity index (χ1) is 9.90. The Morgan fingerprint density at radius 3 is 2.38 bits per heavy atom. The molecule has 6 nitrogen and oxygen atoms in total. The minimum absolute atomic E-state index is 0.0254. The van der Waals surface area contributed by atoms with E-state index in [-0.39, 0.29) is 11.5 Å². The number of benzene rings is 1. The minimum Gasteiger partial charge on any atom is -0.289 e. The van der Waals surface area contributed by atoms with Gasteiger partial charge >= 0.3 is 0 Å². The van der Waals surface area contributed by atoms with Crippen molar-refractivity contribution in [1.29, 1.82) is 0 Å². The zero-order chi connectivity index (χ0) is 15.6. The molecule has 1 heterocycles. The first kappa shape index (κ1) is 14.6. The lowest BCUT2D eigenvalue weighted by molar-refractivity contribution is -0.384. The lowest BCUT2D eigenvalue weighted by atomic mass is 10.1. The van der Waals surface area contributed by atoms with Crippen molar-refractivity contribution in [2.75, 3.05) is 0 Å². The molecule has 0 spiro atoms. The van der Waals surface area contributed by atoms with Gasteiger partial charge in [-0.3, -0.25) is 19.6 Å². The van der Waals surface area contributed by atoms with Gasteiger partial charge in [0.1, 0.15) is 0 Å². The molecule has 0 atom stereocenters. The summed E-state index contributed by atoms with van der Waals surface area (Å²) in [5.74, 6) is -0.128. The summed E-state index contributed by atoms with van der Waals surface area (Å²) in [5.41, 5.74) is 2.85. The molecule has 108 valence electrons. The molecular weight excluding hydrogens is 270 g/mol. The van der Waals surface area contributed by atoms with Crippen LogP contribution in [0.3, 0.4) is 0 Å². The number of hydrogen-bond acceptors (Lipinski definition) is 4. The molecule has 0 bridgehead atoms. The van der Waals surface area contributed by atoms with Gasteiger partial charge in [0.15, 0.2) is 5.78 Å². The van der Waals surface area contributed by atoms with Crippen LogP contribution in [-0.2, 0) is 7.05 Å². The topological polar surface area (TPSA) is 78.0 Å². The van der Waals surface area contributed by atoms with Gasteiger partial charge in [0, 0.05) is 24.9 Å². The average Bonchev–Trinajstić information content (AvgIpc) is 2.70. The van der Waals surface area contributed by atoms with E-state index in [4.69, 9.17) is 0 Å². The summed E-state index contributed by atoms with van der Waals surface area (Å²) in [5, 5.41) is 14.8. The number of carbonyl (C=O) groups is 1. The van der Waals surface area contributed by atoms with E-state index in [0.717, 1.165) is 11.3 Å². The number of ketones is 1. The van der Waals surface area contributed by atoms with E-state index >= 15 is 0 Å². The number of nitrogens with zero attached hydrogens (tertiary/aromatic N) is 3. The third-order valence-electron chi connectivity index (χ3n) is 3.29. The Labute approximate surface area is 121 Å². The fourth-order valence-corrected chi connectivity index (χ4v) is 2.09. The monoisotopic (exact) mass is 285 g/mol. The summed E-state index contributed by atoms with van der Waals surface area (Å²) in [6.45, 7) is 3.63. The standard InChI is InChI=1S/C15H15N3O3/c1-10-15(11(2)17(3)16-10)14(19)9-6-12-4-7-13(8-5-12)18(20)21/h4-9H,1-3H3/b9-6+. The highest BCUT2D eigenvalue weighted by atomic mass is 16.6. The summed E-state index contributed by atoms with van der Waals surface area (Å²) in [6, 6.07) is 6.02. The summed E-state index contributed by atoms with van der Waals surface area (Å²) in [6.07, 6.45) is 3.09. The Morgan fingerprint density at radius 2 is 1.90 bits per heavy atom. The zero-order valence-electron chi connectivity index (χ0n) is 12.0. The lowest BCUT2D eigenvalue weighted by Crippen LogP contribution is -1.99. The van der Waals surface area contributed by atoms with E-state index in [1.807, 2.05) is 6.92 Å². The van der Waals surface area contributed by atoms with Crippen molar-refractivity contribution in [1.82, 2.24) is 9.78 Å². The molecule has 0 aliphatic carbocycles. The molecular formula is C15H15N3O3. The summed E-state index contributed by atoms with van der Waals surface area (Å²) in [4.78, 5) is 22.3. The molecule has 0 fully saturated rings. The van der Waals surface area contributed by atoms with Gasteiger partial charge in [-0.1, -0.05) is 6.08 Å². The van der Waals surface area contributed by atoms with Crippen LogP contribution in [0, 0.1) is 24.0 Å². The van der Waals surface area contributed by atoms with Crippen molar-refractivity contribution < 1.29 is 9.72 Å². The third-order valence-corrected chi connectivity index (χ3v) is 3.29. The Hall–Kier alpha value is -2.76. The second-order valence-corrected chi connectivity index (χ2v) is 4.72. The number of allylic oxidation sites excluding steroid dienone is 1. The number of carbonyl (C=O) groups excluding carboxylic acids is 1. The summed E-state index contributed by atoms with van der Waals surface area (Å²) < 4.78 is 1.67. The van der Waals surface area contributed by atoms with Gasteiger partial charge in [0.25, 0.3) is 5.69 Å². The fourth-order valence-electron chi connectivity index (χ4n) is 2.09. The van der Waals surface area contributed by atoms with Crippen molar-refractivity contribution in [3.8, 4) is 0 Å². The van der Waals surface area contributed by atoms with Crippen LogP contribution in [-0.4, -0.2) is 20.5 Å². The third kappa shape index (κ3) is 3.05. The quantitative estimate of drug-likeness (QED) is 0.374. The minimum atomic E-state index is -0.457. The highest BCUT2D eigenvalue weighted by Gasteiger charge is 2.14. The molecule has 1 aromatic carbocycles. The molecule has 0 aliphatic rings. The van der Waals surface area contributed by atoms with Crippen molar-refractivity contribution in [2.24, 2.45) is 7.05 Å². The second kappa shape index (κ2) is 5.70. The molecule has 6 heteroatoms. The average molecular weight is 285 g/mol. The van der Waals surface area contributed by atoms with Gasteiger partial charge in [0.2, 0.25) is 0 Å². The van der Waals surface area contributed by atoms with Gasteiger partial charge in [-0.05, 0) is 37.6 Å². The van der Waals surface area contributed by atoms with Crippen molar-refractivity contribution in [2.45, 2.75) is 13.8 Å². The molecule has 1 aromatic heterocycles. The SMILES string of the molecule is Cc1nn(C)c(C)c1C(=O)/C=C/c1ccc([N+](=O)[O-])cc1. The molecule has 21 heavy (non-hydrogen) atoms. The van der Waals surface area contributed by atoms with E-state index in [1.54, 1.807) is 36.9 Å². The largest absolute Gasteiger partial charge is 0.289 e. The number of non-ortho nitro benzene ring substituents is 1. The van der Waals surface area contributed by atoms with Gasteiger partial charge < -0.3 is 0 Å². The lowest BCUT2D eigenvalue weighted by Gasteiger charge is -1.97. The van der Waals surface area contributed by atoms with Crippen LogP contribution in [0.2, 0.25) is 0 Å². The van der Waals surface area contributed by atoms with Gasteiger partial charge in [-0.2, -0.15) is 5.10 Å². The number of nitro groups is 1. The molecule has 0 unspecified atom stereocenters. The van der Waals surface area contributed by atoms with Crippen LogP contribution in [0.4, 0.5) is 5.69 Å². The first-order valence-electron chi connectivity index (χ1n) is 6.37. The molecule has 2 rings (SSSR count). The maximum atomic E-state index is 12.2. The highest BCUT2D eigenvalue weighted by Crippen LogP contribution is 2.16. The molecule has 0 saturated carbocycles. The second-order valence-electron chi connectivity index (χ2n) is 4.72. The van der Waals surface area contributed by atoms with Crippen LogP contribution in [0.1, 0.15) is 27.3 Å². The smallest absolute Gasteiger partial charge is 0.269 e. The summed E-state index contributed by atoms with van der Waals surface area (Å²) >= 11 is 0. The van der Waals surface area contributed by atoms with Crippen molar-refractivity contribution in [3.63, 3.8) is 0 Å². The van der Waals surface area contributed by atoms with Crippen molar-refractivity contribution >= 4 is 17.5 Å². The number of hydrogen-bond donors (Lipinski definition) is 0. The predicted octanol–water partition coefficient (Wildman–Crippen LogP) is 2.84. The molecule has 0 N–H and O–H groups in total. The van der Waals surface area contributed by atoms with Gasteiger partial charge in [0.05, 0.1) is 16.2 Å². The molecule has 0 amide bonds. The Kier molecular flexibility index (Phi) is 3.98. The van der Waals surface area contributed by atoms with Gasteiger partial charge in [-0.15, -0.1) is 0 Å². The molecule has 0 radical (unpaired) electrons. The van der Waals surface area contributed by atoms with E-state index in [1.165, 1.54) is 18.2 Å². The van der Waals surface area contributed by atoms with E-state index in [0.29, 0.717) is 11.3 Å². The zero-order valence-corrected chi connectivity index (χ0v) is 12.0. The molecule has 0 saturated heterocycles. The highest BCUT2D eigenvalue weighted by molar-refractivity contribution is 6.08. The van der Waals surface area contributed by atoms with Crippen LogP contribution in [0.25, 0.3) is 6.08 Å². The maximum Gasteiger partial charge on any atom is 0.269 e. The number of rotatable bonds is 4. The number of nitro benzene ring substituents is 1. The van der Waals surface area contributed by atoms with Crippen LogP contribution in [0.15, 0.2) is 30.3 Å². The van der Waals surface area contributed by atoms with E-state index < -0.39 is 4.92 Å². The normalized spacial score (nSPS) is 11.0. The Balaban J connectivity index is 2.20. The van der Waals surface area contributed by atoms with Crippen LogP contribution < -0.4 is 0 Å². The Morgan fingerprint density at radius 1 is 1.29 bits per heavy atom. The molecule has 0 aliphatic heterocycles. The first-order valence-corrected chi connectivity index (χ1v) is 6.37.